The van der Waals surface area contributed by atoms with Crippen molar-refractivity contribution < 1.29 is 4.74 Å². The highest BCUT2D eigenvalue weighted by Gasteiger charge is 2.41. The molecule has 4 nitrogen and oxygen atoms in total. The number of hydrogen-bond acceptors (Lipinski definition) is 2. The van der Waals surface area contributed by atoms with Gasteiger partial charge in [-0.15, -0.1) is 24.0 Å². The van der Waals surface area contributed by atoms with Crippen LogP contribution in [0.1, 0.15) is 44.2 Å². The number of ether oxygens (including phenoxy) is 1. The van der Waals surface area contributed by atoms with Crippen LogP contribution in [0, 0.1) is 5.41 Å². The first-order valence-electron chi connectivity index (χ1n) is 8.30. The number of anilines is 1. The van der Waals surface area contributed by atoms with Gasteiger partial charge in [0.25, 0.3) is 0 Å². The van der Waals surface area contributed by atoms with Crippen molar-refractivity contribution in [3.05, 3.63) is 29.3 Å². The molecule has 23 heavy (non-hydrogen) atoms. The Kier molecular flexibility index (Phi) is 8.33. The fraction of sp³-hybridized carbons (Fsp3) is 0.611. The van der Waals surface area contributed by atoms with Gasteiger partial charge in [0, 0.05) is 25.9 Å². The van der Waals surface area contributed by atoms with Gasteiger partial charge in [-0.05, 0) is 48.6 Å². The lowest BCUT2D eigenvalue weighted by Gasteiger charge is -2.16. The summed E-state index contributed by atoms with van der Waals surface area (Å²) in [4.78, 5) is 4.59. The van der Waals surface area contributed by atoms with E-state index in [0.717, 1.165) is 38.1 Å². The number of nitrogens with two attached hydrogens (primary N) is 1. The predicted molar refractivity (Wildman–Crippen MR) is 109 cm³/mol. The van der Waals surface area contributed by atoms with E-state index in [4.69, 9.17) is 10.5 Å². The largest absolute Gasteiger partial charge is 0.385 e. The number of guanidine groups is 1. The van der Waals surface area contributed by atoms with Gasteiger partial charge in [-0.2, -0.15) is 0 Å². The van der Waals surface area contributed by atoms with Gasteiger partial charge < -0.3 is 15.8 Å². The molecule has 1 aromatic carbocycles. The standard InChI is InChI=1S/C18H29N3O.HI/c1-4-14-7-6-8-15(5-2)16(14)21-17(19)20-13-18(9-10-18)11-12-22-3;/h6-8H,4-5,9-13H2,1-3H3,(H3,19,20,21);1H. The average Bonchev–Trinajstić information content (AvgIpc) is 3.31. The minimum atomic E-state index is 0. The van der Waals surface area contributed by atoms with Crippen LogP contribution in [0.25, 0.3) is 0 Å². The molecular formula is C18H30IN3O. The third-order valence-electron chi connectivity index (χ3n) is 4.63. The number of aliphatic imine (C=N–C) groups is 1. The topological polar surface area (TPSA) is 59.6 Å². The number of halogens is 1. The van der Waals surface area contributed by atoms with Gasteiger partial charge in [-0.25, -0.2) is 0 Å². The van der Waals surface area contributed by atoms with Crippen molar-refractivity contribution in [1.82, 2.24) is 0 Å². The van der Waals surface area contributed by atoms with Crippen LogP contribution in [0.3, 0.4) is 0 Å². The SMILES string of the molecule is CCc1cccc(CC)c1NC(N)=NCC1(CCOC)CC1.I. The number of nitrogens with zero attached hydrogens (tertiary/aromatic N) is 1. The van der Waals surface area contributed by atoms with E-state index in [1.54, 1.807) is 7.11 Å². The van der Waals surface area contributed by atoms with Crippen LogP contribution in [-0.4, -0.2) is 26.2 Å². The molecule has 0 radical (unpaired) electrons. The van der Waals surface area contributed by atoms with E-state index in [0.29, 0.717) is 11.4 Å². The zero-order valence-corrected chi connectivity index (χ0v) is 16.9. The van der Waals surface area contributed by atoms with Gasteiger partial charge in [-0.3, -0.25) is 4.99 Å². The number of para-hydroxylation sites is 1. The Morgan fingerprint density at radius 3 is 2.35 bits per heavy atom. The molecule has 130 valence electrons. The van der Waals surface area contributed by atoms with E-state index >= 15 is 0 Å². The lowest BCUT2D eigenvalue weighted by atomic mass is 10.0. The smallest absolute Gasteiger partial charge is 0.193 e. The molecule has 1 aliphatic carbocycles. The molecule has 0 spiro atoms. The molecule has 1 fully saturated rings. The summed E-state index contributed by atoms with van der Waals surface area (Å²) in [6.45, 7) is 5.93. The second-order valence-electron chi connectivity index (χ2n) is 6.23. The summed E-state index contributed by atoms with van der Waals surface area (Å²) < 4.78 is 5.19. The fourth-order valence-electron chi connectivity index (χ4n) is 2.81. The molecule has 0 unspecified atom stereocenters. The van der Waals surface area contributed by atoms with Gasteiger partial charge >= 0.3 is 0 Å². The van der Waals surface area contributed by atoms with Crippen LogP contribution >= 0.6 is 24.0 Å². The summed E-state index contributed by atoms with van der Waals surface area (Å²) in [7, 11) is 1.75. The Balaban J connectivity index is 0.00000264. The molecule has 3 N–H and O–H groups in total. The third-order valence-corrected chi connectivity index (χ3v) is 4.63. The molecule has 1 aromatic rings. The lowest BCUT2D eigenvalue weighted by molar-refractivity contribution is 0.174. The van der Waals surface area contributed by atoms with Crippen molar-refractivity contribution in [2.45, 2.75) is 46.0 Å². The van der Waals surface area contributed by atoms with Crippen molar-refractivity contribution in [1.29, 1.82) is 0 Å². The first-order chi connectivity index (χ1) is 10.6. The maximum absolute atomic E-state index is 6.12. The molecule has 0 amide bonds. The number of benzene rings is 1. The van der Waals surface area contributed by atoms with Crippen molar-refractivity contribution in [3.63, 3.8) is 0 Å². The quantitative estimate of drug-likeness (QED) is 0.372. The number of nitrogens with one attached hydrogen (secondary N) is 1. The van der Waals surface area contributed by atoms with E-state index in [1.807, 2.05) is 0 Å². The van der Waals surface area contributed by atoms with Gasteiger partial charge in [-0.1, -0.05) is 32.0 Å². The summed E-state index contributed by atoms with van der Waals surface area (Å²) in [5.41, 5.74) is 10.2. The fourth-order valence-corrected chi connectivity index (χ4v) is 2.81. The van der Waals surface area contributed by atoms with Gasteiger partial charge in [0.05, 0.1) is 0 Å². The van der Waals surface area contributed by atoms with Crippen molar-refractivity contribution >= 4 is 35.6 Å². The molecule has 5 heteroatoms. The molecule has 0 saturated heterocycles. The lowest BCUT2D eigenvalue weighted by Crippen LogP contribution is -2.25. The van der Waals surface area contributed by atoms with Crippen LogP contribution in [0.4, 0.5) is 5.69 Å². The van der Waals surface area contributed by atoms with Crippen LogP contribution in [-0.2, 0) is 17.6 Å². The van der Waals surface area contributed by atoms with Crippen LogP contribution in [0.15, 0.2) is 23.2 Å². The molecule has 0 atom stereocenters. The van der Waals surface area contributed by atoms with E-state index in [9.17, 15) is 0 Å². The second-order valence-corrected chi connectivity index (χ2v) is 6.23. The first-order valence-corrected chi connectivity index (χ1v) is 8.30. The van der Waals surface area contributed by atoms with E-state index in [2.05, 4.69) is 42.4 Å². The van der Waals surface area contributed by atoms with E-state index in [1.165, 1.54) is 24.0 Å². The van der Waals surface area contributed by atoms with Crippen LogP contribution in [0.2, 0.25) is 0 Å². The average molecular weight is 431 g/mol. The zero-order chi connectivity index (χ0) is 16.0. The molecule has 0 heterocycles. The summed E-state index contributed by atoms with van der Waals surface area (Å²) in [5.74, 6) is 0.527. The Hall–Kier alpha value is -0.820. The molecule has 1 saturated carbocycles. The highest BCUT2D eigenvalue weighted by Crippen LogP contribution is 2.48. The van der Waals surface area contributed by atoms with Gasteiger partial charge in [0.2, 0.25) is 0 Å². The minimum Gasteiger partial charge on any atom is -0.385 e. The Morgan fingerprint density at radius 2 is 1.87 bits per heavy atom. The maximum Gasteiger partial charge on any atom is 0.193 e. The molecule has 0 bridgehead atoms. The summed E-state index contributed by atoms with van der Waals surface area (Å²) in [6, 6.07) is 6.41. The highest BCUT2D eigenvalue weighted by molar-refractivity contribution is 14.0. The Bertz CT molecular complexity index is 505. The Morgan fingerprint density at radius 1 is 1.26 bits per heavy atom. The molecule has 0 aliphatic heterocycles. The van der Waals surface area contributed by atoms with Gasteiger partial charge in [0.1, 0.15) is 0 Å². The normalized spacial score (nSPS) is 15.9. The second kappa shape index (κ2) is 9.47. The van der Waals surface area contributed by atoms with Crippen molar-refractivity contribution in [2.75, 3.05) is 25.6 Å². The van der Waals surface area contributed by atoms with Crippen molar-refractivity contribution in [3.8, 4) is 0 Å². The molecule has 0 aromatic heterocycles. The van der Waals surface area contributed by atoms with Crippen molar-refractivity contribution in [2.24, 2.45) is 16.1 Å². The zero-order valence-electron chi connectivity index (χ0n) is 14.5. The van der Waals surface area contributed by atoms with Gasteiger partial charge in [0.15, 0.2) is 5.96 Å². The summed E-state index contributed by atoms with van der Waals surface area (Å²) in [6.07, 6.45) is 5.52. The number of rotatable bonds is 8. The number of hydrogen-bond donors (Lipinski definition) is 2. The first kappa shape index (κ1) is 20.2. The molecule has 2 rings (SSSR count). The summed E-state index contributed by atoms with van der Waals surface area (Å²) in [5, 5.41) is 3.33. The maximum atomic E-state index is 6.12. The third kappa shape index (κ3) is 5.64. The Labute approximate surface area is 157 Å². The predicted octanol–water partition coefficient (Wildman–Crippen LogP) is 3.97. The van der Waals surface area contributed by atoms with Crippen LogP contribution < -0.4 is 11.1 Å². The number of aryl methyl sites for hydroxylation is 2. The monoisotopic (exact) mass is 431 g/mol. The molecular weight excluding hydrogens is 401 g/mol. The number of methoxy groups -OCH3 is 1. The van der Waals surface area contributed by atoms with E-state index < -0.39 is 0 Å². The highest BCUT2D eigenvalue weighted by atomic mass is 127. The van der Waals surface area contributed by atoms with E-state index in [-0.39, 0.29) is 24.0 Å². The van der Waals surface area contributed by atoms with Crippen LogP contribution in [0.5, 0.6) is 0 Å². The summed E-state index contributed by atoms with van der Waals surface area (Å²) >= 11 is 0. The molecule has 1 aliphatic rings. The minimum absolute atomic E-state index is 0.